The molecule has 3 aromatic carbocycles. The third-order valence-electron chi connectivity index (χ3n) is 9.59. The van der Waals surface area contributed by atoms with Gasteiger partial charge in [-0.15, -0.1) is 0 Å². The Balaban J connectivity index is 1.31. The lowest BCUT2D eigenvalue weighted by Gasteiger charge is -2.42. The molecule has 0 saturated carbocycles. The van der Waals surface area contributed by atoms with E-state index in [1.807, 2.05) is 41.3 Å². The van der Waals surface area contributed by atoms with Gasteiger partial charge in [-0.05, 0) is 68.2 Å². The van der Waals surface area contributed by atoms with Crippen molar-refractivity contribution in [2.45, 2.75) is 64.2 Å². The van der Waals surface area contributed by atoms with Crippen molar-refractivity contribution < 1.29 is 14.0 Å². The van der Waals surface area contributed by atoms with E-state index in [1.54, 1.807) is 18.2 Å². The van der Waals surface area contributed by atoms with Gasteiger partial charge in [0, 0.05) is 55.3 Å². The number of amides is 2. The van der Waals surface area contributed by atoms with E-state index in [4.69, 9.17) is 11.6 Å². The van der Waals surface area contributed by atoms with E-state index < -0.39 is 12.1 Å². The normalized spacial score (nSPS) is 19.4. The first-order valence-corrected chi connectivity index (χ1v) is 16.9. The third-order valence-corrected chi connectivity index (χ3v) is 9.84. The zero-order chi connectivity index (χ0) is 32.8. The number of nitrogens with one attached hydrogen (secondary N) is 2. The molecule has 7 nitrogen and oxygen atoms in total. The van der Waals surface area contributed by atoms with Crippen LogP contribution in [0.1, 0.15) is 56.0 Å². The van der Waals surface area contributed by atoms with E-state index in [0.717, 1.165) is 24.2 Å². The molecule has 1 unspecified atom stereocenters. The van der Waals surface area contributed by atoms with Gasteiger partial charge < -0.3 is 15.1 Å². The molecular formula is C37H47ClFN5O2. The molecule has 2 aliphatic heterocycles. The van der Waals surface area contributed by atoms with Gasteiger partial charge >= 0.3 is 0 Å². The lowest BCUT2D eigenvalue weighted by Crippen LogP contribution is -2.60. The first-order valence-electron chi connectivity index (χ1n) is 16.5. The zero-order valence-corrected chi connectivity index (χ0v) is 28.2. The van der Waals surface area contributed by atoms with E-state index in [-0.39, 0.29) is 29.2 Å². The Labute approximate surface area is 278 Å². The summed E-state index contributed by atoms with van der Waals surface area (Å²) < 4.78 is 15.0. The van der Waals surface area contributed by atoms with Crippen molar-refractivity contribution in [2.75, 3.05) is 45.8 Å². The van der Waals surface area contributed by atoms with Gasteiger partial charge in [-0.25, -0.2) is 4.39 Å². The SMILES string of the molecule is CCN(CC)CC(c1ccccc1F)N1CCN(C(=O)[C@@H](Cc2ccc(Cl)cc2)NC(=O)[C@@H]2Cc3ccccc3C(C)(C)N2)CC1. The zero-order valence-electron chi connectivity index (χ0n) is 27.4. The molecule has 1 fully saturated rings. The Hall–Kier alpha value is -3.30. The molecule has 2 aliphatic rings. The lowest BCUT2D eigenvalue weighted by molar-refractivity contribution is -0.138. The highest BCUT2D eigenvalue weighted by atomic mass is 35.5. The Morgan fingerprint density at radius 3 is 2.30 bits per heavy atom. The molecule has 0 aromatic heterocycles. The van der Waals surface area contributed by atoms with Crippen LogP contribution in [-0.2, 0) is 28.0 Å². The maximum atomic E-state index is 15.0. The smallest absolute Gasteiger partial charge is 0.245 e. The number of carbonyl (C=O) groups excluding carboxylic acids is 2. The largest absolute Gasteiger partial charge is 0.343 e. The number of hydrogen-bond acceptors (Lipinski definition) is 5. The van der Waals surface area contributed by atoms with Crippen LogP contribution >= 0.6 is 11.6 Å². The summed E-state index contributed by atoms with van der Waals surface area (Å²) in [5.74, 6) is -0.497. The summed E-state index contributed by atoms with van der Waals surface area (Å²) in [6.45, 7) is 13.1. The number of likely N-dealkylation sites (N-methyl/N-ethyl adjacent to an activating group) is 1. The molecule has 2 N–H and O–H groups in total. The van der Waals surface area contributed by atoms with E-state index >= 15 is 4.39 Å². The molecule has 0 spiro atoms. The average molecular weight is 648 g/mol. The summed E-state index contributed by atoms with van der Waals surface area (Å²) in [6, 6.07) is 21.3. The number of hydrogen-bond donors (Lipinski definition) is 2. The third kappa shape index (κ3) is 7.97. The van der Waals surface area contributed by atoms with E-state index in [2.05, 4.69) is 60.3 Å². The summed E-state index contributed by atoms with van der Waals surface area (Å²) in [4.78, 5) is 34.4. The van der Waals surface area contributed by atoms with Crippen LogP contribution in [0.4, 0.5) is 4.39 Å². The van der Waals surface area contributed by atoms with Gasteiger partial charge in [-0.1, -0.05) is 80.0 Å². The summed E-state index contributed by atoms with van der Waals surface area (Å²) in [7, 11) is 0. The molecule has 0 aliphatic carbocycles. The van der Waals surface area contributed by atoms with Crippen molar-refractivity contribution in [1.29, 1.82) is 0 Å². The maximum Gasteiger partial charge on any atom is 0.245 e. The quantitative estimate of drug-likeness (QED) is 0.300. The average Bonchev–Trinajstić information content (AvgIpc) is 3.06. The Morgan fingerprint density at radius 2 is 1.63 bits per heavy atom. The standard InChI is InChI=1S/C37H47ClFN5O2/c1-5-42(6-2)25-34(29-12-8-10-14-31(29)39)43-19-21-44(22-20-43)36(46)33(23-26-15-17-28(38)18-16-26)40-35(45)32-24-27-11-7-9-13-30(27)37(3,4)41-32/h7-18,32-34,41H,5-6,19-25H2,1-4H3,(H,40,45)/t32-,33+,34?/m0/s1. The number of carbonyl (C=O) groups is 2. The molecule has 9 heteroatoms. The highest BCUT2D eigenvalue weighted by Crippen LogP contribution is 2.30. The van der Waals surface area contributed by atoms with Crippen molar-refractivity contribution >= 4 is 23.4 Å². The van der Waals surface area contributed by atoms with Crippen LogP contribution in [0.2, 0.25) is 5.02 Å². The van der Waals surface area contributed by atoms with Crippen LogP contribution < -0.4 is 10.6 Å². The van der Waals surface area contributed by atoms with E-state index in [1.165, 1.54) is 11.6 Å². The molecular weight excluding hydrogens is 601 g/mol. The fourth-order valence-corrected chi connectivity index (χ4v) is 7.06. The number of rotatable bonds is 11. The predicted molar refractivity (Wildman–Crippen MR) is 182 cm³/mol. The van der Waals surface area contributed by atoms with Crippen LogP contribution in [0.3, 0.4) is 0 Å². The minimum atomic E-state index is -0.736. The fourth-order valence-electron chi connectivity index (χ4n) is 6.94. The number of benzene rings is 3. The Morgan fingerprint density at radius 1 is 0.978 bits per heavy atom. The maximum absolute atomic E-state index is 15.0. The van der Waals surface area contributed by atoms with Gasteiger partial charge in [0.25, 0.3) is 0 Å². The van der Waals surface area contributed by atoms with Gasteiger partial charge in [0.1, 0.15) is 11.9 Å². The van der Waals surface area contributed by atoms with Crippen LogP contribution in [0.5, 0.6) is 0 Å². The minimum absolute atomic E-state index is 0.107. The molecule has 3 aromatic rings. The molecule has 2 amide bonds. The molecule has 46 heavy (non-hydrogen) atoms. The first kappa shape index (κ1) is 34.0. The van der Waals surface area contributed by atoms with Gasteiger partial charge in [0.05, 0.1) is 12.1 Å². The second-order valence-corrected chi connectivity index (χ2v) is 13.4. The van der Waals surface area contributed by atoms with Crippen LogP contribution in [-0.4, -0.2) is 84.4 Å². The van der Waals surface area contributed by atoms with Gasteiger partial charge in [0.2, 0.25) is 11.8 Å². The molecule has 0 bridgehead atoms. The summed E-state index contributed by atoms with van der Waals surface area (Å²) >= 11 is 6.15. The van der Waals surface area contributed by atoms with E-state index in [0.29, 0.717) is 56.2 Å². The van der Waals surface area contributed by atoms with Crippen LogP contribution in [0, 0.1) is 5.82 Å². The number of fused-ring (bicyclic) bond motifs is 1. The van der Waals surface area contributed by atoms with Gasteiger partial charge in [-0.3, -0.25) is 19.8 Å². The Bertz CT molecular complexity index is 1490. The van der Waals surface area contributed by atoms with Crippen LogP contribution in [0.25, 0.3) is 0 Å². The summed E-state index contributed by atoms with van der Waals surface area (Å²) in [6.07, 6.45) is 0.907. The fraction of sp³-hybridized carbons (Fsp3) is 0.459. The van der Waals surface area contributed by atoms with Crippen molar-refractivity contribution in [3.05, 3.63) is 106 Å². The highest BCUT2D eigenvalue weighted by molar-refractivity contribution is 6.30. The van der Waals surface area contributed by atoms with Crippen LogP contribution in [0.15, 0.2) is 72.8 Å². The number of halogens is 2. The van der Waals surface area contributed by atoms with Crippen molar-refractivity contribution in [2.24, 2.45) is 0 Å². The monoisotopic (exact) mass is 647 g/mol. The van der Waals surface area contributed by atoms with Crippen molar-refractivity contribution in [1.82, 2.24) is 25.3 Å². The molecule has 0 radical (unpaired) electrons. The van der Waals surface area contributed by atoms with E-state index in [9.17, 15) is 9.59 Å². The van der Waals surface area contributed by atoms with Crippen molar-refractivity contribution in [3.8, 4) is 0 Å². The molecule has 246 valence electrons. The molecule has 2 heterocycles. The second-order valence-electron chi connectivity index (χ2n) is 13.0. The van der Waals surface area contributed by atoms with Gasteiger partial charge in [0.15, 0.2) is 0 Å². The summed E-state index contributed by atoms with van der Waals surface area (Å²) in [5, 5.41) is 7.26. The number of nitrogens with zero attached hydrogens (tertiary/aromatic N) is 3. The number of piperazine rings is 1. The first-order chi connectivity index (χ1) is 22.1. The predicted octanol–water partition coefficient (Wildman–Crippen LogP) is 5.18. The second kappa shape index (κ2) is 15.1. The molecule has 5 rings (SSSR count). The molecule has 1 saturated heterocycles. The topological polar surface area (TPSA) is 67.9 Å². The molecule has 3 atom stereocenters. The minimum Gasteiger partial charge on any atom is -0.343 e. The summed E-state index contributed by atoms with van der Waals surface area (Å²) in [5.41, 5.74) is 3.54. The Kier molecular flexibility index (Phi) is 11.2. The highest BCUT2D eigenvalue weighted by Gasteiger charge is 2.38. The van der Waals surface area contributed by atoms with Crippen molar-refractivity contribution in [3.63, 3.8) is 0 Å². The lowest BCUT2D eigenvalue weighted by atomic mass is 9.82. The van der Waals surface area contributed by atoms with Gasteiger partial charge in [-0.2, -0.15) is 0 Å².